The van der Waals surface area contributed by atoms with Gasteiger partial charge in [0.2, 0.25) is 0 Å². The lowest BCUT2D eigenvalue weighted by atomic mass is 9.97. The SMILES string of the molecule is Clc1cccc(NCC2OCCc3ccccc32)c1Cl. The molecule has 1 aliphatic rings. The Balaban J connectivity index is 1.75. The molecule has 4 heteroatoms. The van der Waals surface area contributed by atoms with Gasteiger partial charge in [-0.15, -0.1) is 0 Å². The Morgan fingerprint density at radius 1 is 1.10 bits per heavy atom. The molecule has 0 fully saturated rings. The van der Waals surface area contributed by atoms with Crippen LogP contribution in [-0.2, 0) is 11.2 Å². The topological polar surface area (TPSA) is 21.3 Å². The van der Waals surface area contributed by atoms with Crippen LogP contribution in [0.1, 0.15) is 17.2 Å². The van der Waals surface area contributed by atoms with E-state index in [1.54, 1.807) is 6.07 Å². The number of benzene rings is 2. The predicted octanol–water partition coefficient (Wildman–Crippen LogP) is 4.72. The molecule has 1 N–H and O–H groups in total. The molecule has 0 aliphatic carbocycles. The summed E-state index contributed by atoms with van der Waals surface area (Å²) in [6, 6.07) is 14.0. The number of rotatable bonds is 3. The van der Waals surface area contributed by atoms with Gasteiger partial charge in [-0.05, 0) is 29.7 Å². The Bertz CT molecular complexity index is 615. The summed E-state index contributed by atoms with van der Waals surface area (Å²) in [5.41, 5.74) is 3.46. The van der Waals surface area contributed by atoms with E-state index < -0.39 is 0 Å². The minimum Gasteiger partial charge on any atom is -0.381 e. The highest BCUT2D eigenvalue weighted by atomic mass is 35.5. The number of anilines is 1. The van der Waals surface area contributed by atoms with Gasteiger partial charge in [0.05, 0.1) is 28.4 Å². The van der Waals surface area contributed by atoms with Crippen LogP contribution < -0.4 is 5.32 Å². The van der Waals surface area contributed by atoms with Crippen molar-refractivity contribution in [2.24, 2.45) is 0 Å². The molecule has 2 nitrogen and oxygen atoms in total. The molecule has 1 aliphatic heterocycles. The zero-order chi connectivity index (χ0) is 13.9. The summed E-state index contributed by atoms with van der Waals surface area (Å²) in [4.78, 5) is 0. The second kappa shape index (κ2) is 6.04. The number of ether oxygens (including phenoxy) is 1. The van der Waals surface area contributed by atoms with Crippen molar-refractivity contribution in [3.8, 4) is 0 Å². The highest BCUT2D eigenvalue weighted by Crippen LogP contribution is 2.31. The van der Waals surface area contributed by atoms with Gasteiger partial charge in [0.15, 0.2) is 0 Å². The highest BCUT2D eigenvalue weighted by molar-refractivity contribution is 6.43. The molecule has 0 amide bonds. The van der Waals surface area contributed by atoms with Crippen LogP contribution in [0.4, 0.5) is 5.69 Å². The molecule has 0 bridgehead atoms. The summed E-state index contributed by atoms with van der Waals surface area (Å²) in [7, 11) is 0. The van der Waals surface area contributed by atoms with Crippen LogP contribution in [0.3, 0.4) is 0 Å². The van der Waals surface area contributed by atoms with Crippen molar-refractivity contribution in [1.29, 1.82) is 0 Å². The fourth-order valence-corrected chi connectivity index (χ4v) is 2.86. The second-order valence-electron chi connectivity index (χ2n) is 4.79. The Labute approximate surface area is 128 Å². The fourth-order valence-electron chi connectivity index (χ4n) is 2.49. The van der Waals surface area contributed by atoms with Gasteiger partial charge in [0.25, 0.3) is 0 Å². The molecular weight excluding hydrogens is 293 g/mol. The van der Waals surface area contributed by atoms with Crippen LogP contribution in [0.2, 0.25) is 10.0 Å². The lowest BCUT2D eigenvalue weighted by Gasteiger charge is -2.26. The molecule has 2 aromatic carbocycles. The summed E-state index contributed by atoms with van der Waals surface area (Å²) < 4.78 is 5.86. The van der Waals surface area contributed by atoms with Gasteiger partial charge in [0, 0.05) is 6.54 Å². The third kappa shape index (κ3) is 2.78. The molecule has 20 heavy (non-hydrogen) atoms. The van der Waals surface area contributed by atoms with Gasteiger partial charge < -0.3 is 10.1 Å². The maximum absolute atomic E-state index is 6.18. The summed E-state index contributed by atoms with van der Waals surface area (Å²) >= 11 is 12.2. The maximum atomic E-state index is 6.18. The quantitative estimate of drug-likeness (QED) is 0.886. The number of nitrogens with one attached hydrogen (secondary N) is 1. The van der Waals surface area contributed by atoms with Crippen molar-refractivity contribution < 1.29 is 4.74 Å². The molecule has 1 heterocycles. The van der Waals surface area contributed by atoms with E-state index in [1.165, 1.54) is 11.1 Å². The predicted molar refractivity (Wildman–Crippen MR) is 83.8 cm³/mol. The second-order valence-corrected chi connectivity index (χ2v) is 5.58. The van der Waals surface area contributed by atoms with Crippen molar-refractivity contribution in [2.75, 3.05) is 18.5 Å². The molecule has 0 radical (unpaired) electrons. The van der Waals surface area contributed by atoms with Crippen molar-refractivity contribution in [3.63, 3.8) is 0 Å². The molecule has 104 valence electrons. The van der Waals surface area contributed by atoms with Crippen molar-refractivity contribution in [3.05, 3.63) is 63.6 Å². The summed E-state index contributed by atoms with van der Waals surface area (Å²) in [5.74, 6) is 0. The zero-order valence-electron chi connectivity index (χ0n) is 10.9. The van der Waals surface area contributed by atoms with E-state index in [0.29, 0.717) is 16.6 Å². The number of halogens is 2. The van der Waals surface area contributed by atoms with Gasteiger partial charge in [-0.2, -0.15) is 0 Å². The summed E-state index contributed by atoms with van der Waals surface area (Å²) in [6.45, 7) is 1.43. The van der Waals surface area contributed by atoms with Crippen LogP contribution in [-0.4, -0.2) is 13.2 Å². The molecular formula is C16H15Cl2NO. The number of hydrogen-bond donors (Lipinski definition) is 1. The standard InChI is InChI=1S/C16H15Cl2NO/c17-13-6-3-7-14(16(13)18)19-10-15-12-5-2-1-4-11(12)8-9-20-15/h1-7,15,19H,8-10H2. The van der Waals surface area contributed by atoms with Gasteiger partial charge >= 0.3 is 0 Å². The van der Waals surface area contributed by atoms with E-state index in [9.17, 15) is 0 Å². The van der Waals surface area contributed by atoms with Crippen LogP contribution in [0, 0.1) is 0 Å². The minimum absolute atomic E-state index is 0.0509. The third-order valence-corrected chi connectivity index (χ3v) is 4.34. The molecule has 0 spiro atoms. The molecule has 1 unspecified atom stereocenters. The van der Waals surface area contributed by atoms with E-state index in [4.69, 9.17) is 27.9 Å². The molecule has 2 aromatic rings. The zero-order valence-corrected chi connectivity index (χ0v) is 12.4. The summed E-state index contributed by atoms with van der Waals surface area (Å²) in [6.07, 6.45) is 1.03. The first-order chi connectivity index (χ1) is 9.75. The van der Waals surface area contributed by atoms with E-state index in [2.05, 4.69) is 23.5 Å². The van der Waals surface area contributed by atoms with Crippen LogP contribution in [0.5, 0.6) is 0 Å². The number of fused-ring (bicyclic) bond motifs is 1. The largest absolute Gasteiger partial charge is 0.381 e. The van der Waals surface area contributed by atoms with Gasteiger partial charge in [-0.3, -0.25) is 0 Å². The molecule has 0 saturated carbocycles. The Kier molecular flexibility index (Phi) is 4.16. The highest BCUT2D eigenvalue weighted by Gasteiger charge is 2.20. The summed E-state index contributed by atoms with van der Waals surface area (Å²) in [5, 5.41) is 4.43. The van der Waals surface area contributed by atoms with Crippen molar-refractivity contribution in [2.45, 2.75) is 12.5 Å². The van der Waals surface area contributed by atoms with Gasteiger partial charge in [-0.25, -0.2) is 0 Å². The van der Waals surface area contributed by atoms with Crippen LogP contribution >= 0.6 is 23.2 Å². The maximum Gasteiger partial charge on any atom is 0.0999 e. The van der Waals surface area contributed by atoms with Gasteiger partial charge in [0.1, 0.15) is 0 Å². The molecule has 3 rings (SSSR count). The molecule has 0 saturated heterocycles. The average Bonchev–Trinajstić information content (AvgIpc) is 2.49. The first-order valence-corrected chi connectivity index (χ1v) is 7.38. The lowest BCUT2D eigenvalue weighted by molar-refractivity contribution is 0.0513. The van der Waals surface area contributed by atoms with Crippen LogP contribution in [0.25, 0.3) is 0 Å². The van der Waals surface area contributed by atoms with E-state index in [1.807, 2.05) is 18.2 Å². The lowest BCUT2D eigenvalue weighted by Crippen LogP contribution is -2.22. The van der Waals surface area contributed by atoms with E-state index >= 15 is 0 Å². The van der Waals surface area contributed by atoms with E-state index in [0.717, 1.165) is 18.7 Å². The third-order valence-electron chi connectivity index (χ3n) is 3.52. The molecule has 1 atom stereocenters. The van der Waals surface area contributed by atoms with Crippen LogP contribution in [0.15, 0.2) is 42.5 Å². The number of hydrogen-bond acceptors (Lipinski definition) is 2. The first-order valence-electron chi connectivity index (χ1n) is 6.63. The Morgan fingerprint density at radius 2 is 1.95 bits per heavy atom. The van der Waals surface area contributed by atoms with Gasteiger partial charge in [-0.1, -0.05) is 53.5 Å². The fraction of sp³-hybridized carbons (Fsp3) is 0.250. The Morgan fingerprint density at radius 3 is 2.85 bits per heavy atom. The average molecular weight is 308 g/mol. The minimum atomic E-state index is 0.0509. The van der Waals surface area contributed by atoms with Crippen molar-refractivity contribution in [1.82, 2.24) is 0 Å². The smallest absolute Gasteiger partial charge is 0.0999 e. The van der Waals surface area contributed by atoms with E-state index in [-0.39, 0.29) is 6.10 Å². The first kappa shape index (κ1) is 13.7. The normalized spacial score (nSPS) is 17.6. The van der Waals surface area contributed by atoms with Crippen molar-refractivity contribution >= 4 is 28.9 Å². The monoisotopic (exact) mass is 307 g/mol. The Hall–Kier alpha value is -1.22. The molecule has 0 aromatic heterocycles.